The molecule has 3 aromatic rings. The Hall–Kier alpha value is -3.69. The summed E-state index contributed by atoms with van der Waals surface area (Å²) < 4.78 is 33.0. The number of halogens is 1. The number of hydrogen-bond acceptors (Lipinski definition) is 6. The maximum Gasteiger partial charge on any atom is 0.338 e. The van der Waals surface area contributed by atoms with Crippen molar-refractivity contribution < 1.29 is 27.5 Å². The van der Waals surface area contributed by atoms with Gasteiger partial charge in [-0.15, -0.1) is 0 Å². The molecular formula is C25H21ClN2O6S. The van der Waals surface area contributed by atoms with Gasteiger partial charge in [0.25, 0.3) is 15.9 Å². The van der Waals surface area contributed by atoms with Crippen molar-refractivity contribution in [3.8, 4) is 0 Å². The number of benzene rings is 3. The van der Waals surface area contributed by atoms with Crippen molar-refractivity contribution in [2.45, 2.75) is 18.2 Å². The number of carbonyl (C=O) groups excluding carboxylic acids is 3. The Kier molecular flexibility index (Phi) is 6.90. The SMILES string of the molecule is CC(=O)c1cccc(NC(=O)COC(=O)c2ccc(Cl)c(S(=O)(=O)N3CCc4ccccc43)c2)c1. The van der Waals surface area contributed by atoms with Gasteiger partial charge in [-0.3, -0.25) is 13.9 Å². The summed E-state index contributed by atoms with van der Waals surface area (Å²) in [6.07, 6.45) is 0.569. The summed E-state index contributed by atoms with van der Waals surface area (Å²) in [6.45, 7) is 1.07. The fourth-order valence-corrected chi connectivity index (χ4v) is 5.74. The first-order valence-corrected chi connectivity index (χ1v) is 12.5. The quantitative estimate of drug-likeness (QED) is 0.377. The molecule has 0 aromatic heterocycles. The lowest BCUT2D eigenvalue weighted by Gasteiger charge is -2.20. The number of ether oxygens (including phenoxy) is 1. The highest BCUT2D eigenvalue weighted by Crippen LogP contribution is 2.35. The van der Waals surface area contributed by atoms with E-state index in [-0.39, 0.29) is 27.8 Å². The number of para-hydroxylation sites is 1. The van der Waals surface area contributed by atoms with Crippen LogP contribution in [0.5, 0.6) is 0 Å². The number of hydrogen-bond donors (Lipinski definition) is 1. The minimum atomic E-state index is -4.04. The van der Waals surface area contributed by atoms with Crippen LogP contribution in [-0.2, 0) is 26.0 Å². The number of nitrogens with zero attached hydrogens (tertiary/aromatic N) is 1. The molecule has 10 heteroatoms. The minimum Gasteiger partial charge on any atom is -0.452 e. The van der Waals surface area contributed by atoms with Gasteiger partial charge in [-0.25, -0.2) is 13.2 Å². The van der Waals surface area contributed by atoms with Crippen molar-refractivity contribution >= 4 is 50.7 Å². The molecule has 180 valence electrons. The van der Waals surface area contributed by atoms with E-state index in [9.17, 15) is 22.8 Å². The highest BCUT2D eigenvalue weighted by Gasteiger charge is 2.32. The van der Waals surface area contributed by atoms with Gasteiger partial charge in [0.2, 0.25) is 0 Å². The van der Waals surface area contributed by atoms with E-state index in [2.05, 4.69) is 5.32 Å². The van der Waals surface area contributed by atoms with Crippen molar-refractivity contribution in [1.82, 2.24) is 0 Å². The van der Waals surface area contributed by atoms with Gasteiger partial charge >= 0.3 is 5.97 Å². The summed E-state index contributed by atoms with van der Waals surface area (Å²) in [7, 11) is -4.04. The smallest absolute Gasteiger partial charge is 0.338 e. The van der Waals surface area contributed by atoms with E-state index in [0.717, 1.165) is 11.6 Å². The van der Waals surface area contributed by atoms with Crippen LogP contribution in [0.25, 0.3) is 0 Å². The number of rotatable bonds is 7. The molecule has 0 saturated heterocycles. The second-order valence-electron chi connectivity index (χ2n) is 7.86. The molecule has 1 aliphatic rings. The zero-order chi connectivity index (χ0) is 25.2. The second kappa shape index (κ2) is 9.89. The average molecular weight is 513 g/mol. The predicted octanol–water partition coefficient (Wildman–Crippen LogP) is 4.09. The summed E-state index contributed by atoms with van der Waals surface area (Å²) in [5.74, 6) is -1.65. The molecule has 1 heterocycles. The molecule has 4 rings (SSSR count). The predicted molar refractivity (Wildman–Crippen MR) is 131 cm³/mol. The summed E-state index contributed by atoms with van der Waals surface area (Å²) in [4.78, 5) is 36.0. The van der Waals surface area contributed by atoms with E-state index in [4.69, 9.17) is 16.3 Å². The Morgan fingerprint density at radius 3 is 2.54 bits per heavy atom. The summed E-state index contributed by atoms with van der Waals surface area (Å²) in [5, 5.41) is 2.51. The van der Waals surface area contributed by atoms with Gasteiger partial charge < -0.3 is 10.1 Å². The summed E-state index contributed by atoms with van der Waals surface area (Å²) in [6, 6.07) is 17.3. The molecule has 35 heavy (non-hydrogen) atoms. The van der Waals surface area contributed by atoms with Crippen molar-refractivity contribution in [3.63, 3.8) is 0 Å². The van der Waals surface area contributed by atoms with Crippen molar-refractivity contribution in [1.29, 1.82) is 0 Å². The fourth-order valence-electron chi connectivity index (χ4n) is 3.73. The Balaban J connectivity index is 1.47. The van der Waals surface area contributed by atoms with E-state index in [1.165, 1.54) is 29.4 Å². The Bertz CT molecular complexity index is 1440. The van der Waals surface area contributed by atoms with Gasteiger partial charge in [0.05, 0.1) is 16.3 Å². The monoisotopic (exact) mass is 512 g/mol. The molecule has 0 saturated carbocycles. The first-order chi connectivity index (χ1) is 16.7. The van der Waals surface area contributed by atoms with Gasteiger partial charge in [-0.05, 0) is 55.3 Å². The maximum atomic E-state index is 13.3. The molecule has 0 aliphatic carbocycles. The van der Waals surface area contributed by atoms with Crippen LogP contribution in [0.1, 0.15) is 33.2 Å². The molecular weight excluding hydrogens is 492 g/mol. The lowest BCUT2D eigenvalue weighted by atomic mass is 10.1. The summed E-state index contributed by atoms with van der Waals surface area (Å²) in [5.41, 5.74) is 2.22. The molecule has 3 aromatic carbocycles. The van der Waals surface area contributed by atoms with E-state index in [1.54, 1.807) is 30.3 Å². The Morgan fingerprint density at radius 1 is 1.00 bits per heavy atom. The first kappa shape index (κ1) is 24.4. The number of ketones is 1. The molecule has 0 fully saturated rings. The third-order valence-corrected chi connectivity index (χ3v) is 7.76. The van der Waals surface area contributed by atoms with Crippen molar-refractivity contribution in [2.24, 2.45) is 0 Å². The van der Waals surface area contributed by atoms with Gasteiger partial charge in [-0.2, -0.15) is 0 Å². The normalized spacial score (nSPS) is 12.7. The fraction of sp³-hybridized carbons (Fsp3) is 0.160. The van der Waals surface area contributed by atoms with Crippen LogP contribution in [0.15, 0.2) is 71.6 Å². The van der Waals surface area contributed by atoms with Gasteiger partial charge in [-0.1, -0.05) is 41.9 Å². The van der Waals surface area contributed by atoms with E-state index >= 15 is 0 Å². The third kappa shape index (κ3) is 5.21. The van der Waals surface area contributed by atoms with Crippen LogP contribution in [-0.4, -0.2) is 39.2 Å². The standard InChI is InChI=1S/C25H21ClN2O6S/c1-16(29)18-6-4-7-20(13-18)27-24(30)15-34-25(31)19-9-10-21(26)23(14-19)35(32,33)28-12-11-17-5-2-3-8-22(17)28/h2-10,13-14H,11-12,15H2,1H3,(H,27,30). The summed E-state index contributed by atoms with van der Waals surface area (Å²) >= 11 is 6.20. The Labute approximate surface area is 207 Å². The highest BCUT2D eigenvalue weighted by molar-refractivity contribution is 7.93. The average Bonchev–Trinajstić information content (AvgIpc) is 3.28. The van der Waals surface area contributed by atoms with Gasteiger partial charge in [0.15, 0.2) is 12.4 Å². The number of amides is 1. The molecule has 8 nitrogen and oxygen atoms in total. The van der Waals surface area contributed by atoms with Crippen molar-refractivity contribution in [2.75, 3.05) is 22.8 Å². The number of Topliss-reactive ketones (excluding diaryl/α,β-unsaturated/α-hetero) is 1. The zero-order valence-electron chi connectivity index (χ0n) is 18.7. The number of fused-ring (bicyclic) bond motifs is 1. The van der Waals surface area contributed by atoms with E-state index in [0.29, 0.717) is 23.4 Å². The molecule has 0 spiro atoms. The number of anilines is 2. The van der Waals surface area contributed by atoms with Crippen LogP contribution < -0.4 is 9.62 Å². The topological polar surface area (TPSA) is 110 Å². The highest BCUT2D eigenvalue weighted by atomic mass is 35.5. The second-order valence-corrected chi connectivity index (χ2v) is 10.1. The number of esters is 1. The van der Waals surface area contributed by atoms with Crippen LogP contribution in [0.4, 0.5) is 11.4 Å². The molecule has 1 aliphatic heterocycles. The van der Waals surface area contributed by atoms with Crippen LogP contribution in [0, 0.1) is 0 Å². The lowest BCUT2D eigenvalue weighted by Crippen LogP contribution is -2.29. The van der Waals surface area contributed by atoms with Crippen molar-refractivity contribution in [3.05, 3.63) is 88.4 Å². The molecule has 0 radical (unpaired) electrons. The number of carbonyl (C=O) groups is 3. The number of sulfonamides is 1. The molecule has 0 bridgehead atoms. The third-order valence-electron chi connectivity index (χ3n) is 5.47. The van der Waals surface area contributed by atoms with E-state index < -0.39 is 28.5 Å². The largest absolute Gasteiger partial charge is 0.452 e. The van der Waals surface area contributed by atoms with Crippen LogP contribution in [0.2, 0.25) is 5.02 Å². The van der Waals surface area contributed by atoms with Gasteiger partial charge in [0, 0.05) is 17.8 Å². The molecule has 0 atom stereocenters. The van der Waals surface area contributed by atoms with E-state index in [1.807, 2.05) is 12.1 Å². The first-order valence-electron chi connectivity index (χ1n) is 10.6. The van der Waals surface area contributed by atoms with Crippen LogP contribution >= 0.6 is 11.6 Å². The molecule has 1 N–H and O–H groups in total. The zero-order valence-corrected chi connectivity index (χ0v) is 20.2. The lowest BCUT2D eigenvalue weighted by molar-refractivity contribution is -0.119. The molecule has 1 amide bonds. The molecule has 0 unspecified atom stereocenters. The minimum absolute atomic E-state index is 0.0333. The Morgan fingerprint density at radius 2 is 1.77 bits per heavy atom. The number of nitrogens with one attached hydrogen (secondary N) is 1. The van der Waals surface area contributed by atoms with Crippen LogP contribution in [0.3, 0.4) is 0 Å². The van der Waals surface area contributed by atoms with Gasteiger partial charge in [0.1, 0.15) is 4.90 Å². The maximum absolute atomic E-state index is 13.3.